The summed E-state index contributed by atoms with van der Waals surface area (Å²) in [6.45, 7) is 3.49. The second-order valence-electron chi connectivity index (χ2n) is 6.17. The third kappa shape index (κ3) is 3.90. The zero-order valence-electron chi connectivity index (χ0n) is 12.5. The first-order valence-electron chi connectivity index (χ1n) is 7.33. The molecule has 0 fully saturated rings. The number of hydrogen-bond donors (Lipinski definition) is 1. The molecule has 0 amide bonds. The lowest BCUT2D eigenvalue weighted by molar-refractivity contribution is -0.213. The van der Waals surface area contributed by atoms with Gasteiger partial charge in [-0.1, -0.05) is 32.0 Å². The molecule has 5 heteroatoms. The van der Waals surface area contributed by atoms with Crippen molar-refractivity contribution in [2.45, 2.75) is 45.3 Å². The summed E-state index contributed by atoms with van der Waals surface area (Å²) in [5, 5.41) is 3.27. The maximum absolute atomic E-state index is 12.9. The van der Waals surface area contributed by atoms with Crippen molar-refractivity contribution in [3.05, 3.63) is 29.8 Å². The third-order valence-corrected chi connectivity index (χ3v) is 4.10. The van der Waals surface area contributed by atoms with Crippen LogP contribution in [-0.4, -0.2) is 19.3 Å². The van der Waals surface area contributed by atoms with Gasteiger partial charge in [0, 0.05) is 11.6 Å². The Labute approximate surface area is 123 Å². The number of benzene rings is 1. The van der Waals surface area contributed by atoms with E-state index in [0.29, 0.717) is 13.2 Å². The molecule has 1 unspecified atom stereocenters. The van der Waals surface area contributed by atoms with E-state index in [9.17, 15) is 13.2 Å². The van der Waals surface area contributed by atoms with Gasteiger partial charge in [-0.2, -0.15) is 13.2 Å². The molecule has 0 aliphatic carbocycles. The molecule has 0 aromatic heterocycles. The van der Waals surface area contributed by atoms with E-state index in [1.165, 1.54) is 13.8 Å². The molecule has 1 aliphatic rings. The molecule has 1 aliphatic heterocycles. The second kappa shape index (κ2) is 6.26. The minimum absolute atomic E-state index is 0.0627. The number of hydrogen-bond acceptors (Lipinski definition) is 2. The van der Waals surface area contributed by atoms with E-state index >= 15 is 0 Å². The largest absolute Gasteiger partial charge is 0.493 e. The third-order valence-electron chi connectivity index (χ3n) is 4.10. The highest BCUT2D eigenvalue weighted by atomic mass is 19.4. The van der Waals surface area contributed by atoms with Crippen molar-refractivity contribution in [2.75, 3.05) is 13.2 Å². The normalized spacial score (nSPS) is 19.6. The van der Waals surface area contributed by atoms with E-state index in [1.807, 2.05) is 24.3 Å². The smallest absolute Gasteiger partial charge is 0.394 e. The molecule has 0 saturated heterocycles. The number of halogens is 3. The zero-order chi connectivity index (χ0) is 15.5. The van der Waals surface area contributed by atoms with Crippen LogP contribution in [0.1, 0.15) is 44.7 Å². The molecule has 0 saturated carbocycles. The quantitative estimate of drug-likeness (QED) is 0.886. The molecule has 0 bridgehead atoms. The summed E-state index contributed by atoms with van der Waals surface area (Å²) in [5.41, 5.74) is -0.624. The lowest BCUT2D eigenvalue weighted by Gasteiger charge is -2.29. The Kier molecular flexibility index (Phi) is 4.81. The van der Waals surface area contributed by atoms with Crippen molar-refractivity contribution < 1.29 is 17.9 Å². The number of para-hydroxylation sites is 1. The lowest BCUT2D eigenvalue weighted by Crippen LogP contribution is -2.36. The summed E-state index contributed by atoms with van der Waals surface area (Å²) in [5.74, 6) is 0.836. The van der Waals surface area contributed by atoms with Crippen LogP contribution in [0.2, 0.25) is 0 Å². The molecule has 0 radical (unpaired) electrons. The summed E-state index contributed by atoms with van der Waals surface area (Å²) >= 11 is 0. The highest BCUT2D eigenvalue weighted by Gasteiger charge is 2.46. The van der Waals surface area contributed by atoms with Crippen molar-refractivity contribution in [1.29, 1.82) is 0 Å². The molecule has 21 heavy (non-hydrogen) atoms. The van der Waals surface area contributed by atoms with Gasteiger partial charge in [-0.15, -0.1) is 0 Å². The molecule has 1 aromatic carbocycles. The highest BCUT2D eigenvalue weighted by Crippen LogP contribution is 2.40. The minimum Gasteiger partial charge on any atom is -0.493 e. The van der Waals surface area contributed by atoms with Crippen LogP contribution in [0.15, 0.2) is 24.3 Å². The van der Waals surface area contributed by atoms with Gasteiger partial charge in [-0.25, -0.2) is 0 Å². The molecule has 1 N–H and O–H groups in total. The molecule has 118 valence electrons. The Balaban J connectivity index is 1.98. The fraction of sp³-hybridized carbons (Fsp3) is 0.625. The molecular formula is C16H22F3NO. The second-order valence-corrected chi connectivity index (χ2v) is 6.17. The predicted octanol–water partition coefficient (Wildman–Crippen LogP) is 4.47. The standard InChI is InChI=1S/C16H22F3NO/c1-15(2,16(17,18)19)9-10-20-13-7-5-11-21-14-8-4-3-6-12(13)14/h3-4,6,8,13,20H,5,7,9-11H2,1-2H3. The topological polar surface area (TPSA) is 21.3 Å². The van der Waals surface area contributed by atoms with Crippen LogP contribution in [0, 0.1) is 5.41 Å². The zero-order valence-corrected chi connectivity index (χ0v) is 12.5. The van der Waals surface area contributed by atoms with E-state index in [0.717, 1.165) is 24.2 Å². The molecule has 1 aromatic rings. The van der Waals surface area contributed by atoms with E-state index in [4.69, 9.17) is 4.74 Å². The van der Waals surface area contributed by atoms with Gasteiger partial charge in [0.2, 0.25) is 0 Å². The van der Waals surface area contributed by atoms with Crippen LogP contribution in [0.4, 0.5) is 13.2 Å². The summed E-state index contributed by atoms with van der Waals surface area (Å²) in [6.07, 6.45) is -2.33. The van der Waals surface area contributed by atoms with E-state index < -0.39 is 11.6 Å². The number of alkyl halides is 3. The Morgan fingerprint density at radius 3 is 2.67 bits per heavy atom. The van der Waals surface area contributed by atoms with Crippen LogP contribution in [0.3, 0.4) is 0 Å². The van der Waals surface area contributed by atoms with Crippen LogP contribution in [0.25, 0.3) is 0 Å². The molecule has 2 rings (SSSR count). The van der Waals surface area contributed by atoms with Gasteiger partial charge in [0.05, 0.1) is 12.0 Å². The average Bonchev–Trinajstić information content (AvgIpc) is 2.60. The van der Waals surface area contributed by atoms with Crippen molar-refractivity contribution in [3.63, 3.8) is 0 Å². The van der Waals surface area contributed by atoms with Gasteiger partial charge in [-0.05, 0) is 31.9 Å². The van der Waals surface area contributed by atoms with Crippen LogP contribution < -0.4 is 10.1 Å². The summed E-state index contributed by atoms with van der Waals surface area (Å²) in [7, 11) is 0. The van der Waals surface area contributed by atoms with Crippen molar-refractivity contribution in [3.8, 4) is 5.75 Å². The maximum atomic E-state index is 12.9. The first kappa shape index (κ1) is 16.1. The van der Waals surface area contributed by atoms with Crippen molar-refractivity contribution in [1.82, 2.24) is 5.32 Å². The van der Waals surface area contributed by atoms with Crippen LogP contribution >= 0.6 is 0 Å². The number of nitrogens with one attached hydrogen (secondary N) is 1. The van der Waals surface area contributed by atoms with E-state index in [-0.39, 0.29) is 12.5 Å². The summed E-state index contributed by atoms with van der Waals surface area (Å²) in [4.78, 5) is 0. The minimum atomic E-state index is -4.17. The predicted molar refractivity (Wildman–Crippen MR) is 76.4 cm³/mol. The van der Waals surface area contributed by atoms with Gasteiger partial charge in [0.25, 0.3) is 0 Å². The fourth-order valence-corrected chi connectivity index (χ4v) is 2.44. The number of ether oxygens (including phenoxy) is 1. The summed E-state index contributed by atoms with van der Waals surface area (Å²) < 4.78 is 44.2. The monoisotopic (exact) mass is 301 g/mol. The average molecular weight is 301 g/mol. The highest BCUT2D eigenvalue weighted by molar-refractivity contribution is 5.36. The fourth-order valence-electron chi connectivity index (χ4n) is 2.44. The van der Waals surface area contributed by atoms with Gasteiger partial charge in [-0.3, -0.25) is 0 Å². The van der Waals surface area contributed by atoms with Gasteiger partial charge < -0.3 is 10.1 Å². The molecule has 1 atom stereocenters. The SMILES string of the molecule is CC(C)(CCNC1CCCOc2ccccc21)C(F)(F)F. The Morgan fingerprint density at radius 1 is 1.24 bits per heavy atom. The number of fused-ring (bicyclic) bond motifs is 1. The molecule has 1 heterocycles. The maximum Gasteiger partial charge on any atom is 0.394 e. The Bertz CT molecular complexity index is 471. The van der Waals surface area contributed by atoms with Gasteiger partial charge in [0.1, 0.15) is 5.75 Å². The first-order valence-corrected chi connectivity index (χ1v) is 7.33. The molecule has 0 spiro atoms. The number of rotatable bonds is 4. The lowest BCUT2D eigenvalue weighted by atomic mass is 9.88. The molecule has 2 nitrogen and oxygen atoms in total. The van der Waals surface area contributed by atoms with E-state index in [2.05, 4.69) is 5.32 Å². The van der Waals surface area contributed by atoms with Gasteiger partial charge >= 0.3 is 6.18 Å². The Hall–Kier alpha value is -1.23. The molecular weight excluding hydrogens is 279 g/mol. The summed E-state index contributed by atoms with van der Waals surface area (Å²) in [6, 6.07) is 7.80. The van der Waals surface area contributed by atoms with Crippen LogP contribution in [-0.2, 0) is 0 Å². The first-order chi connectivity index (χ1) is 9.81. The Morgan fingerprint density at radius 2 is 1.95 bits per heavy atom. The van der Waals surface area contributed by atoms with E-state index in [1.54, 1.807) is 0 Å². The van der Waals surface area contributed by atoms with Crippen molar-refractivity contribution in [2.24, 2.45) is 5.41 Å². The van der Waals surface area contributed by atoms with Gasteiger partial charge in [0.15, 0.2) is 0 Å². The van der Waals surface area contributed by atoms with Crippen LogP contribution in [0.5, 0.6) is 5.75 Å². The van der Waals surface area contributed by atoms with Crippen molar-refractivity contribution >= 4 is 0 Å².